The van der Waals surface area contributed by atoms with Crippen LogP contribution < -0.4 is 0 Å². The molecule has 0 fully saturated rings. The molecule has 1 aromatic carbocycles. The third-order valence-electron chi connectivity index (χ3n) is 1.36. The first-order valence-corrected chi connectivity index (χ1v) is 6.11. The smallest absolute Gasteiger partial charge is 0.125 e. The van der Waals surface area contributed by atoms with E-state index in [1.807, 2.05) is 0 Å². The maximum absolute atomic E-state index is 9.29. The summed E-state index contributed by atoms with van der Waals surface area (Å²) in [6.45, 7) is 7.80. The van der Waals surface area contributed by atoms with Crippen molar-refractivity contribution in [2.24, 2.45) is 0 Å². The lowest BCUT2D eigenvalue weighted by molar-refractivity contribution is 0.473. The Morgan fingerprint density at radius 3 is 2.12 bits per heavy atom. The molecule has 0 aromatic heterocycles. The Labute approximate surface area is 111 Å². The van der Waals surface area contributed by atoms with Crippen molar-refractivity contribution in [2.75, 3.05) is 0 Å². The van der Waals surface area contributed by atoms with Gasteiger partial charge in [-0.3, -0.25) is 0 Å². The molecule has 0 aliphatic heterocycles. The highest BCUT2D eigenvalue weighted by atomic mass is 79.9. The molecule has 0 aliphatic carbocycles. The van der Waals surface area contributed by atoms with Crippen LogP contribution in [0.3, 0.4) is 0 Å². The lowest BCUT2D eigenvalue weighted by atomic mass is 10.1. The molecule has 1 aromatic rings. The fourth-order valence-electron chi connectivity index (χ4n) is 0.822. The molecule has 0 saturated carbocycles. The van der Waals surface area contributed by atoms with Crippen LogP contribution in [0.25, 0.3) is 0 Å². The van der Waals surface area contributed by atoms with Gasteiger partial charge in [0, 0.05) is 20.5 Å². The number of hydrogen-bond acceptors (Lipinski definition) is 3. The van der Waals surface area contributed by atoms with Crippen molar-refractivity contribution >= 4 is 34.3 Å². The zero-order valence-electron chi connectivity index (χ0n) is 10.0. The van der Waals surface area contributed by atoms with Gasteiger partial charge in [0.15, 0.2) is 0 Å². The normalized spacial score (nSPS) is 10.4. The van der Waals surface area contributed by atoms with Crippen molar-refractivity contribution < 1.29 is 5.11 Å². The van der Waals surface area contributed by atoms with Crippen LogP contribution in [0.5, 0.6) is 5.75 Å². The molecule has 90 valence electrons. The maximum Gasteiger partial charge on any atom is 0.125 e. The highest BCUT2D eigenvalue weighted by Crippen LogP contribution is 2.22. The minimum Gasteiger partial charge on any atom is -0.507 e. The number of thiol groups is 1. The van der Waals surface area contributed by atoms with E-state index in [0.29, 0.717) is 11.3 Å². The molecule has 2 nitrogen and oxygen atoms in total. The SMILES string of the molecule is CC(=N)c1ccc(Br)cc1O.CC(C)(C)S. The molecule has 0 atom stereocenters. The Bertz CT molecular complexity index is 366. The van der Waals surface area contributed by atoms with E-state index in [1.54, 1.807) is 25.1 Å². The van der Waals surface area contributed by atoms with Crippen LogP contribution in [0, 0.1) is 5.41 Å². The van der Waals surface area contributed by atoms with Gasteiger partial charge in [-0.2, -0.15) is 12.6 Å². The van der Waals surface area contributed by atoms with Crippen LogP contribution in [0.4, 0.5) is 0 Å². The summed E-state index contributed by atoms with van der Waals surface area (Å²) in [5.74, 6) is 0.145. The summed E-state index contributed by atoms with van der Waals surface area (Å²) >= 11 is 7.34. The van der Waals surface area contributed by atoms with Crippen molar-refractivity contribution in [1.82, 2.24) is 0 Å². The Morgan fingerprint density at radius 1 is 1.38 bits per heavy atom. The van der Waals surface area contributed by atoms with Crippen LogP contribution >= 0.6 is 28.6 Å². The molecular weight excluding hydrogens is 286 g/mol. The average Bonchev–Trinajstić information content (AvgIpc) is 1.99. The zero-order valence-corrected chi connectivity index (χ0v) is 12.5. The average molecular weight is 304 g/mol. The summed E-state index contributed by atoms with van der Waals surface area (Å²) in [5, 5.41) is 16.6. The second-order valence-electron chi connectivity index (χ2n) is 4.46. The first-order chi connectivity index (χ1) is 7.11. The van der Waals surface area contributed by atoms with Gasteiger partial charge >= 0.3 is 0 Å². The quantitative estimate of drug-likeness (QED) is 0.527. The van der Waals surface area contributed by atoms with Gasteiger partial charge in [0.05, 0.1) is 0 Å². The fraction of sp³-hybridized carbons (Fsp3) is 0.417. The molecular formula is C12H18BrNOS. The molecule has 16 heavy (non-hydrogen) atoms. The third kappa shape index (κ3) is 7.77. The third-order valence-corrected chi connectivity index (χ3v) is 1.86. The number of nitrogens with one attached hydrogen (secondary N) is 1. The van der Waals surface area contributed by atoms with Gasteiger partial charge < -0.3 is 10.5 Å². The minimum absolute atomic E-state index is 0.145. The van der Waals surface area contributed by atoms with Crippen molar-refractivity contribution in [1.29, 1.82) is 5.41 Å². The van der Waals surface area contributed by atoms with Gasteiger partial charge in [-0.15, -0.1) is 0 Å². The van der Waals surface area contributed by atoms with Gasteiger partial charge in [-0.25, -0.2) is 0 Å². The van der Waals surface area contributed by atoms with Gasteiger partial charge in [0.25, 0.3) is 0 Å². The second kappa shape index (κ2) is 6.30. The molecule has 0 bridgehead atoms. The lowest BCUT2D eigenvalue weighted by Gasteiger charge is -2.04. The van der Waals surface area contributed by atoms with Gasteiger partial charge in [0.2, 0.25) is 0 Å². The monoisotopic (exact) mass is 303 g/mol. The van der Waals surface area contributed by atoms with E-state index in [4.69, 9.17) is 5.41 Å². The topological polar surface area (TPSA) is 44.1 Å². The molecule has 0 radical (unpaired) electrons. The van der Waals surface area contributed by atoms with Crippen molar-refractivity contribution in [3.8, 4) is 5.75 Å². The molecule has 2 N–H and O–H groups in total. The number of phenolic OH excluding ortho intramolecular Hbond substituents is 1. The van der Waals surface area contributed by atoms with E-state index in [2.05, 4.69) is 49.3 Å². The standard InChI is InChI=1S/C8H8BrNO.C4H10S/c1-5(10)7-3-2-6(9)4-8(7)11;1-4(2,3)5/h2-4,10-11H,1H3;5H,1-3H3. The van der Waals surface area contributed by atoms with E-state index in [9.17, 15) is 5.11 Å². The van der Waals surface area contributed by atoms with E-state index in [0.717, 1.165) is 4.47 Å². The van der Waals surface area contributed by atoms with Crippen molar-refractivity contribution in [3.63, 3.8) is 0 Å². The summed E-state index contributed by atoms with van der Waals surface area (Å²) < 4.78 is 1.01. The number of benzene rings is 1. The van der Waals surface area contributed by atoms with Crippen LogP contribution in [-0.2, 0) is 0 Å². The predicted octanol–water partition coefficient (Wildman–Crippen LogP) is 4.26. The Hall–Kier alpha value is -0.480. The second-order valence-corrected chi connectivity index (χ2v) is 6.71. The lowest BCUT2D eigenvalue weighted by Crippen LogP contribution is -1.99. The van der Waals surface area contributed by atoms with Crippen LogP contribution in [0.15, 0.2) is 22.7 Å². The van der Waals surface area contributed by atoms with E-state index in [-0.39, 0.29) is 10.5 Å². The predicted molar refractivity (Wildman–Crippen MR) is 77.0 cm³/mol. The maximum atomic E-state index is 9.29. The minimum atomic E-state index is 0.145. The van der Waals surface area contributed by atoms with Crippen LogP contribution in [0.1, 0.15) is 33.3 Å². The van der Waals surface area contributed by atoms with Crippen LogP contribution in [-0.4, -0.2) is 15.6 Å². The highest BCUT2D eigenvalue weighted by Gasteiger charge is 2.02. The van der Waals surface area contributed by atoms with Gasteiger partial charge in [-0.1, -0.05) is 36.7 Å². The fourth-order valence-corrected chi connectivity index (χ4v) is 1.17. The summed E-state index contributed by atoms with van der Waals surface area (Å²) in [6, 6.07) is 5.09. The number of hydrogen-bond donors (Lipinski definition) is 3. The molecule has 4 heteroatoms. The van der Waals surface area contributed by atoms with Crippen molar-refractivity contribution in [3.05, 3.63) is 28.2 Å². The summed E-state index contributed by atoms with van der Waals surface area (Å²) in [7, 11) is 0. The molecule has 0 aliphatic rings. The molecule has 1 rings (SSSR count). The summed E-state index contributed by atoms with van der Waals surface area (Å²) in [6.07, 6.45) is 0. The van der Waals surface area contributed by atoms with E-state index >= 15 is 0 Å². The number of rotatable bonds is 1. The molecule has 0 saturated heterocycles. The van der Waals surface area contributed by atoms with Crippen molar-refractivity contribution in [2.45, 2.75) is 32.4 Å². The first-order valence-electron chi connectivity index (χ1n) is 4.87. The number of phenols is 1. The molecule has 0 unspecified atom stereocenters. The number of aromatic hydroxyl groups is 1. The zero-order chi connectivity index (χ0) is 12.9. The largest absolute Gasteiger partial charge is 0.507 e. The Kier molecular flexibility index (Phi) is 6.11. The number of halogens is 1. The highest BCUT2D eigenvalue weighted by molar-refractivity contribution is 9.10. The Morgan fingerprint density at radius 2 is 1.81 bits per heavy atom. The molecule has 0 heterocycles. The van der Waals surface area contributed by atoms with Gasteiger partial charge in [0.1, 0.15) is 5.75 Å². The Balaban J connectivity index is 0.000000385. The van der Waals surface area contributed by atoms with E-state index in [1.165, 1.54) is 0 Å². The summed E-state index contributed by atoms with van der Waals surface area (Å²) in [5.41, 5.74) is 0.947. The van der Waals surface area contributed by atoms with Crippen LogP contribution in [0.2, 0.25) is 0 Å². The first kappa shape index (κ1) is 15.5. The summed E-state index contributed by atoms with van der Waals surface area (Å²) in [4.78, 5) is 0. The van der Waals surface area contributed by atoms with E-state index < -0.39 is 0 Å². The molecule has 0 amide bonds. The molecule has 0 spiro atoms. The van der Waals surface area contributed by atoms with Gasteiger partial charge in [-0.05, 0) is 25.1 Å².